The molecule has 2 atom stereocenters. The van der Waals surface area contributed by atoms with Crippen LogP contribution in [0.5, 0.6) is 0 Å². The van der Waals surface area contributed by atoms with E-state index in [1.54, 1.807) is 0 Å². The zero-order valence-corrected chi connectivity index (χ0v) is 12.1. The van der Waals surface area contributed by atoms with Crippen molar-refractivity contribution in [1.29, 1.82) is 0 Å². The first-order valence-corrected chi connectivity index (χ1v) is 6.91. The van der Waals surface area contributed by atoms with E-state index in [4.69, 9.17) is 0 Å². The van der Waals surface area contributed by atoms with Crippen LogP contribution in [0.3, 0.4) is 0 Å². The van der Waals surface area contributed by atoms with Crippen LogP contribution in [0.4, 0.5) is 0 Å². The Kier molecular flexibility index (Phi) is 4.37. The fourth-order valence-electron chi connectivity index (χ4n) is 2.15. The Hall–Kier alpha value is -0.910. The van der Waals surface area contributed by atoms with Crippen LogP contribution in [0.25, 0.3) is 0 Å². The van der Waals surface area contributed by atoms with Gasteiger partial charge in [-0.25, -0.2) is 5.43 Å². The van der Waals surface area contributed by atoms with Crippen molar-refractivity contribution in [3.05, 3.63) is 34.3 Å². The molecule has 1 saturated heterocycles. The number of carbonyl (C=O) groups excluding carboxylic acids is 1. The number of nitrogens with one attached hydrogen (secondary N) is 3. The maximum absolute atomic E-state index is 12.1. The van der Waals surface area contributed by atoms with Gasteiger partial charge in [0.25, 0.3) is 0 Å². The zero-order chi connectivity index (χ0) is 13.1. The molecule has 1 amide bonds. The number of halogens is 1. The van der Waals surface area contributed by atoms with Gasteiger partial charge in [-0.05, 0) is 31.5 Å². The first-order valence-electron chi connectivity index (χ1n) is 6.12. The van der Waals surface area contributed by atoms with Gasteiger partial charge in [-0.2, -0.15) is 0 Å². The highest BCUT2D eigenvalue weighted by Gasteiger charge is 2.34. The van der Waals surface area contributed by atoms with Crippen molar-refractivity contribution in [2.24, 2.45) is 5.92 Å². The van der Waals surface area contributed by atoms with Crippen LogP contribution in [0.15, 0.2) is 28.7 Å². The molecule has 5 heteroatoms. The monoisotopic (exact) mass is 311 g/mol. The van der Waals surface area contributed by atoms with Crippen LogP contribution in [0.2, 0.25) is 0 Å². The standard InChI is InChI=1S/C13H18BrN3O/c1-8(2)16-13(18)11-7-15-17-12(11)9-4-3-5-10(14)6-9/h3-6,8,11-12,15,17H,7H2,1-2H3,(H,16,18). The van der Waals surface area contributed by atoms with Crippen LogP contribution < -0.4 is 16.2 Å². The minimum atomic E-state index is -0.0818. The Morgan fingerprint density at radius 3 is 2.94 bits per heavy atom. The summed E-state index contributed by atoms with van der Waals surface area (Å²) in [6.07, 6.45) is 0. The van der Waals surface area contributed by atoms with E-state index >= 15 is 0 Å². The summed E-state index contributed by atoms with van der Waals surface area (Å²) in [6.45, 7) is 4.60. The summed E-state index contributed by atoms with van der Waals surface area (Å²) in [4.78, 5) is 12.1. The molecule has 0 aliphatic carbocycles. The number of amides is 1. The molecule has 0 saturated carbocycles. The first-order chi connectivity index (χ1) is 8.58. The molecule has 3 N–H and O–H groups in total. The van der Waals surface area contributed by atoms with Crippen molar-refractivity contribution in [2.45, 2.75) is 25.9 Å². The van der Waals surface area contributed by atoms with E-state index in [0.717, 1.165) is 10.0 Å². The molecular weight excluding hydrogens is 294 g/mol. The Balaban J connectivity index is 2.14. The highest BCUT2D eigenvalue weighted by Crippen LogP contribution is 2.27. The highest BCUT2D eigenvalue weighted by atomic mass is 79.9. The highest BCUT2D eigenvalue weighted by molar-refractivity contribution is 9.10. The van der Waals surface area contributed by atoms with E-state index in [1.165, 1.54) is 0 Å². The topological polar surface area (TPSA) is 53.2 Å². The molecule has 4 nitrogen and oxygen atoms in total. The van der Waals surface area contributed by atoms with Gasteiger partial charge >= 0.3 is 0 Å². The van der Waals surface area contributed by atoms with Gasteiger partial charge in [0.15, 0.2) is 0 Å². The van der Waals surface area contributed by atoms with Crippen LogP contribution >= 0.6 is 15.9 Å². The number of rotatable bonds is 3. The lowest BCUT2D eigenvalue weighted by atomic mass is 9.94. The molecule has 0 spiro atoms. The minimum Gasteiger partial charge on any atom is -0.354 e. The average molecular weight is 312 g/mol. The lowest BCUT2D eigenvalue weighted by molar-refractivity contribution is -0.125. The molecule has 0 bridgehead atoms. The van der Waals surface area contributed by atoms with Gasteiger partial charge < -0.3 is 5.32 Å². The molecule has 0 radical (unpaired) electrons. The second kappa shape index (κ2) is 5.82. The van der Waals surface area contributed by atoms with E-state index in [2.05, 4.69) is 32.1 Å². The predicted octanol–water partition coefficient (Wildman–Crippen LogP) is 1.74. The van der Waals surface area contributed by atoms with E-state index < -0.39 is 0 Å². The molecule has 2 unspecified atom stereocenters. The van der Waals surface area contributed by atoms with E-state index in [-0.39, 0.29) is 23.9 Å². The number of carbonyl (C=O) groups is 1. The number of hydrogen-bond donors (Lipinski definition) is 3. The van der Waals surface area contributed by atoms with E-state index in [0.29, 0.717) is 6.54 Å². The molecule has 1 aromatic rings. The van der Waals surface area contributed by atoms with E-state index in [9.17, 15) is 4.79 Å². The Morgan fingerprint density at radius 2 is 2.28 bits per heavy atom. The molecule has 1 heterocycles. The van der Waals surface area contributed by atoms with Crippen LogP contribution in [0.1, 0.15) is 25.5 Å². The molecule has 1 aromatic carbocycles. The summed E-state index contributed by atoms with van der Waals surface area (Å²) >= 11 is 3.46. The minimum absolute atomic E-state index is 0.0150. The summed E-state index contributed by atoms with van der Waals surface area (Å²) in [7, 11) is 0. The van der Waals surface area contributed by atoms with E-state index in [1.807, 2.05) is 38.1 Å². The lowest BCUT2D eigenvalue weighted by Crippen LogP contribution is -2.38. The maximum Gasteiger partial charge on any atom is 0.226 e. The summed E-state index contributed by atoms with van der Waals surface area (Å²) in [5.41, 5.74) is 7.35. The zero-order valence-electron chi connectivity index (χ0n) is 10.5. The van der Waals surface area contributed by atoms with Crippen molar-refractivity contribution in [2.75, 3.05) is 6.54 Å². The molecule has 1 fully saturated rings. The van der Waals surface area contributed by atoms with Gasteiger partial charge in [0.1, 0.15) is 0 Å². The molecule has 98 valence electrons. The third-order valence-electron chi connectivity index (χ3n) is 2.96. The second-order valence-corrected chi connectivity index (χ2v) is 5.74. The SMILES string of the molecule is CC(C)NC(=O)C1CNNC1c1cccc(Br)c1. The largest absolute Gasteiger partial charge is 0.354 e. The van der Waals surface area contributed by atoms with Gasteiger partial charge in [-0.15, -0.1) is 0 Å². The Labute approximate surface area is 116 Å². The molecule has 0 aromatic heterocycles. The van der Waals surface area contributed by atoms with Gasteiger partial charge in [0.05, 0.1) is 12.0 Å². The van der Waals surface area contributed by atoms with Crippen molar-refractivity contribution < 1.29 is 4.79 Å². The van der Waals surface area contributed by atoms with Crippen LogP contribution in [-0.2, 0) is 4.79 Å². The summed E-state index contributed by atoms with van der Waals surface area (Å²) in [5.74, 6) is 0.00850. The predicted molar refractivity (Wildman–Crippen MR) is 74.8 cm³/mol. The third-order valence-corrected chi connectivity index (χ3v) is 3.45. The maximum atomic E-state index is 12.1. The van der Waals surface area contributed by atoms with Gasteiger partial charge in [0.2, 0.25) is 5.91 Å². The van der Waals surface area contributed by atoms with Crippen molar-refractivity contribution >= 4 is 21.8 Å². The molecule has 2 rings (SSSR count). The fraction of sp³-hybridized carbons (Fsp3) is 0.462. The third kappa shape index (κ3) is 3.10. The fourth-order valence-corrected chi connectivity index (χ4v) is 2.57. The van der Waals surface area contributed by atoms with Crippen LogP contribution in [-0.4, -0.2) is 18.5 Å². The number of benzene rings is 1. The van der Waals surface area contributed by atoms with Gasteiger partial charge in [-0.1, -0.05) is 28.1 Å². The molecule has 18 heavy (non-hydrogen) atoms. The Bertz CT molecular complexity index is 436. The molecule has 1 aliphatic heterocycles. The summed E-state index contributed by atoms with van der Waals surface area (Å²) in [6, 6.07) is 8.22. The second-order valence-electron chi connectivity index (χ2n) is 4.83. The van der Waals surface area contributed by atoms with Crippen molar-refractivity contribution in [1.82, 2.24) is 16.2 Å². The van der Waals surface area contributed by atoms with Crippen LogP contribution in [0, 0.1) is 5.92 Å². The normalized spacial score (nSPS) is 23.3. The number of hydrogen-bond acceptors (Lipinski definition) is 3. The van der Waals surface area contributed by atoms with Gasteiger partial charge in [-0.3, -0.25) is 10.2 Å². The lowest BCUT2D eigenvalue weighted by Gasteiger charge is -2.20. The van der Waals surface area contributed by atoms with Crippen molar-refractivity contribution in [3.8, 4) is 0 Å². The summed E-state index contributed by atoms with van der Waals surface area (Å²) in [5, 5.41) is 2.97. The molecular formula is C13H18BrN3O. The number of hydrazine groups is 1. The van der Waals surface area contributed by atoms with Crippen molar-refractivity contribution in [3.63, 3.8) is 0 Å². The molecule has 1 aliphatic rings. The quantitative estimate of drug-likeness (QED) is 0.797. The Morgan fingerprint density at radius 1 is 1.50 bits per heavy atom. The first kappa shape index (κ1) is 13.5. The smallest absolute Gasteiger partial charge is 0.226 e. The average Bonchev–Trinajstić information content (AvgIpc) is 2.76. The summed E-state index contributed by atoms with van der Waals surface area (Å²) < 4.78 is 1.02. The van der Waals surface area contributed by atoms with Gasteiger partial charge in [0, 0.05) is 17.1 Å².